The Balaban J connectivity index is 2.28. The molecule has 0 spiro atoms. The van der Waals surface area contributed by atoms with Gasteiger partial charge in [0.1, 0.15) is 5.75 Å². The molecule has 98 valence electrons. The number of phenolic OH excluding ortho intramolecular Hbond substituents is 1. The molecule has 1 aliphatic rings. The van der Waals surface area contributed by atoms with E-state index in [4.69, 9.17) is 0 Å². The Hall–Kier alpha value is -1.16. The summed E-state index contributed by atoms with van der Waals surface area (Å²) in [6.07, 6.45) is 0. The van der Waals surface area contributed by atoms with E-state index in [1.165, 1.54) is 6.92 Å². The van der Waals surface area contributed by atoms with Crippen LogP contribution in [0.2, 0.25) is 0 Å². The summed E-state index contributed by atoms with van der Waals surface area (Å²) in [5.74, 6) is 1.08. The monoisotopic (exact) mass is 265 g/mol. The number of phenols is 1. The molecule has 1 N–H and O–H groups in total. The maximum Gasteiger partial charge on any atom is 0.163 e. The lowest BCUT2D eigenvalue weighted by molar-refractivity contribution is 0.101. The van der Waals surface area contributed by atoms with Crippen molar-refractivity contribution < 1.29 is 9.90 Å². The molecule has 2 rings (SSSR count). The van der Waals surface area contributed by atoms with E-state index >= 15 is 0 Å². The highest BCUT2D eigenvalue weighted by Gasteiger charge is 2.25. The van der Waals surface area contributed by atoms with Gasteiger partial charge in [0.05, 0.1) is 5.56 Å². The SMILES string of the molecule is CC(=O)c1ccc(N2CCSC(C)C2C)cc1O. The normalized spacial score (nSPS) is 24.1. The van der Waals surface area contributed by atoms with Crippen LogP contribution in [0.15, 0.2) is 18.2 Å². The summed E-state index contributed by atoms with van der Waals surface area (Å²) in [4.78, 5) is 13.6. The quantitative estimate of drug-likeness (QED) is 0.835. The maximum absolute atomic E-state index is 11.3. The minimum atomic E-state index is -0.102. The fourth-order valence-corrected chi connectivity index (χ4v) is 3.39. The Labute approximate surface area is 112 Å². The van der Waals surface area contributed by atoms with Crippen LogP contribution in [-0.4, -0.2) is 34.5 Å². The molecule has 4 heteroatoms. The molecule has 1 fully saturated rings. The number of nitrogens with zero attached hydrogens (tertiary/aromatic N) is 1. The standard InChI is InChI=1S/C14H19NO2S/c1-9-11(3)18-7-6-15(9)12-4-5-13(10(2)16)14(17)8-12/h4-5,8-9,11,17H,6-7H2,1-3H3. The molecule has 0 bridgehead atoms. The number of thioether (sulfide) groups is 1. The van der Waals surface area contributed by atoms with Crippen molar-refractivity contribution in [3.63, 3.8) is 0 Å². The van der Waals surface area contributed by atoms with E-state index in [-0.39, 0.29) is 11.5 Å². The lowest BCUT2D eigenvalue weighted by Crippen LogP contribution is -2.44. The number of carbonyl (C=O) groups excluding carboxylic acids is 1. The van der Waals surface area contributed by atoms with Crippen molar-refractivity contribution in [1.82, 2.24) is 0 Å². The first-order valence-electron chi connectivity index (χ1n) is 6.23. The van der Waals surface area contributed by atoms with Crippen LogP contribution in [0.5, 0.6) is 5.75 Å². The summed E-state index contributed by atoms with van der Waals surface area (Å²) in [5, 5.41) is 10.5. The summed E-state index contributed by atoms with van der Waals surface area (Å²) < 4.78 is 0. The van der Waals surface area contributed by atoms with Crippen molar-refractivity contribution in [1.29, 1.82) is 0 Å². The van der Waals surface area contributed by atoms with Crippen molar-refractivity contribution in [2.75, 3.05) is 17.2 Å². The fourth-order valence-electron chi connectivity index (χ4n) is 2.29. The molecule has 1 aromatic rings. The van der Waals surface area contributed by atoms with Crippen molar-refractivity contribution in [2.45, 2.75) is 32.1 Å². The summed E-state index contributed by atoms with van der Waals surface area (Å²) in [5.41, 5.74) is 1.39. The molecule has 2 atom stereocenters. The molecular weight excluding hydrogens is 246 g/mol. The van der Waals surface area contributed by atoms with Gasteiger partial charge in [0.2, 0.25) is 0 Å². The van der Waals surface area contributed by atoms with E-state index in [1.54, 1.807) is 12.1 Å². The predicted molar refractivity (Wildman–Crippen MR) is 76.8 cm³/mol. The number of benzene rings is 1. The average molecular weight is 265 g/mol. The molecule has 0 amide bonds. The van der Waals surface area contributed by atoms with E-state index in [1.807, 2.05) is 17.8 Å². The molecule has 1 aromatic carbocycles. The molecular formula is C14H19NO2S. The maximum atomic E-state index is 11.3. The largest absolute Gasteiger partial charge is 0.507 e. The zero-order chi connectivity index (χ0) is 13.3. The molecule has 18 heavy (non-hydrogen) atoms. The molecule has 0 radical (unpaired) electrons. The third-order valence-electron chi connectivity index (χ3n) is 3.58. The van der Waals surface area contributed by atoms with Crippen LogP contribution >= 0.6 is 11.8 Å². The van der Waals surface area contributed by atoms with Crippen LogP contribution in [0.4, 0.5) is 5.69 Å². The smallest absolute Gasteiger partial charge is 0.163 e. The Morgan fingerprint density at radius 3 is 2.78 bits per heavy atom. The second-order valence-electron chi connectivity index (χ2n) is 4.77. The van der Waals surface area contributed by atoms with Gasteiger partial charge in [-0.2, -0.15) is 11.8 Å². The number of anilines is 1. The van der Waals surface area contributed by atoms with Gasteiger partial charge < -0.3 is 10.0 Å². The number of hydrogen-bond acceptors (Lipinski definition) is 4. The number of aromatic hydroxyl groups is 1. The first-order valence-corrected chi connectivity index (χ1v) is 7.27. The van der Waals surface area contributed by atoms with E-state index in [2.05, 4.69) is 18.7 Å². The van der Waals surface area contributed by atoms with Gasteiger partial charge in [-0.05, 0) is 26.0 Å². The molecule has 0 saturated carbocycles. The van der Waals surface area contributed by atoms with Gasteiger partial charge >= 0.3 is 0 Å². The highest BCUT2D eigenvalue weighted by atomic mass is 32.2. The van der Waals surface area contributed by atoms with Crippen LogP contribution in [0, 0.1) is 0 Å². The molecule has 1 aliphatic heterocycles. The molecule has 0 aromatic heterocycles. The van der Waals surface area contributed by atoms with E-state index < -0.39 is 0 Å². The zero-order valence-electron chi connectivity index (χ0n) is 11.0. The summed E-state index contributed by atoms with van der Waals surface area (Å²) in [7, 11) is 0. The van der Waals surface area contributed by atoms with Crippen LogP contribution < -0.4 is 4.90 Å². The number of rotatable bonds is 2. The second kappa shape index (κ2) is 5.22. The lowest BCUT2D eigenvalue weighted by atomic mass is 10.1. The van der Waals surface area contributed by atoms with Gasteiger partial charge in [-0.1, -0.05) is 6.92 Å². The highest BCUT2D eigenvalue weighted by Crippen LogP contribution is 2.32. The van der Waals surface area contributed by atoms with Gasteiger partial charge in [0.15, 0.2) is 5.78 Å². The number of hydrogen-bond donors (Lipinski definition) is 1. The Morgan fingerprint density at radius 2 is 2.17 bits per heavy atom. The Bertz CT molecular complexity index is 461. The molecule has 1 saturated heterocycles. The lowest BCUT2D eigenvalue weighted by Gasteiger charge is -2.39. The van der Waals surface area contributed by atoms with Crippen molar-refractivity contribution >= 4 is 23.2 Å². The third kappa shape index (κ3) is 2.48. The van der Waals surface area contributed by atoms with Crippen LogP contribution in [0.3, 0.4) is 0 Å². The first-order chi connectivity index (χ1) is 8.50. The van der Waals surface area contributed by atoms with E-state index in [9.17, 15) is 9.90 Å². The van der Waals surface area contributed by atoms with Crippen molar-refractivity contribution in [3.05, 3.63) is 23.8 Å². The number of carbonyl (C=O) groups is 1. The first kappa shape index (κ1) is 13.3. The molecule has 2 unspecified atom stereocenters. The minimum absolute atomic E-state index is 0.0816. The summed E-state index contributed by atoms with van der Waals surface area (Å²) in [6.45, 7) is 6.88. The second-order valence-corrected chi connectivity index (χ2v) is 6.25. The summed E-state index contributed by atoms with van der Waals surface area (Å²) >= 11 is 1.98. The van der Waals surface area contributed by atoms with Crippen LogP contribution in [0.1, 0.15) is 31.1 Å². The minimum Gasteiger partial charge on any atom is -0.507 e. The highest BCUT2D eigenvalue weighted by molar-refractivity contribution is 8.00. The van der Waals surface area contributed by atoms with Crippen molar-refractivity contribution in [2.24, 2.45) is 0 Å². The van der Waals surface area contributed by atoms with E-state index in [0.717, 1.165) is 18.0 Å². The van der Waals surface area contributed by atoms with Crippen LogP contribution in [-0.2, 0) is 0 Å². The predicted octanol–water partition coefficient (Wildman–Crippen LogP) is 2.93. The number of Topliss-reactive ketones (excluding diaryl/α,β-unsaturated/α-hetero) is 1. The fraction of sp³-hybridized carbons (Fsp3) is 0.500. The van der Waals surface area contributed by atoms with Gasteiger partial charge in [0.25, 0.3) is 0 Å². The summed E-state index contributed by atoms with van der Waals surface area (Å²) in [6, 6.07) is 5.78. The molecule has 3 nitrogen and oxygen atoms in total. The van der Waals surface area contributed by atoms with E-state index in [0.29, 0.717) is 16.9 Å². The van der Waals surface area contributed by atoms with Gasteiger partial charge in [0, 0.05) is 35.3 Å². The topological polar surface area (TPSA) is 40.5 Å². The average Bonchev–Trinajstić information content (AvgIpc) is 2.32. The van der Waals surface area contributed by atoms with Crippen molar-refractivity contribution in [3.8, 4) is 5.75 Å². The molecule has 0 aliphatic carbocycles. The van der Waals surface area contributed by atoms with Gasteiger partial charge in [-0.15, -0.1) is 0 Å². The van der Waals surface area contributed by atoms with Crippen LogP contribution in [0.25, 0.3) is 0 Å². The Morgan fingerprint density at radius 1 is 1.44 bits per heavy atom. The molecule has 1 heterocycles. The van der Waals surface area contributed by atoms with Gasteiger partial charge in [-0.3, -0.25) is 4.79 Å². The third-order valence-corrected chi connectivity index (χ3v) is 4.91. The van der Waals surface area contributed by atoms with Gasteiger partial charge in [-0.25, -0.2) is 0 Å². The Kier molecular flexibility index (Phi) is 3.85. The number of ketones is 1. The zero-order valence-corrected chi connectivity index (χ0v) is 11.8.